The molecule has 0 saturated carbocycles. The first kappa shape index (κ1) is 15.6. The molecule has 5 heteroatoms. The third-order valence-electron chi connectivity index (χ3n) is 3.61. The first-order chi connectivity index (χ1) is 9.74. The first-order valence-electron chi connectivity index (χ1n) is 7.09. The van der Waals surface area contributed by atoms with E-state index < -0.39 is 5.60 Å². The van der Waals surface area contributed by atoms with Crippen molar-refractivity contribution >= 4 is 6.09 Å². The Morgan fingerprint density at radius 2 is 2.05 bits per heavy atom. The second kappa shape index (κ2) is 5.54. The van der Waals surface area contributed by atoms with Gasteiger partial charge in [0.1, 0.15) is 5.60 Å². The van der Waals surface area contributed by atoms with Crippen molar-refractivity contribution in [1.29, 1.82) is 0 Å². The minimum absolute atomic E-state index is 0.219. The van der Waals surface area contributed by atoms with Crippen molar-refractivity contribution < 1.29 is 18.7 Å². The fourth-order valence-electron chi connectivity index (χ4n) is 2.58. The molecule has 0 fully saturated rings. The van der Waals surface area contributed by atoms with Gasteiger partial charge in [-0.2, -0.15) is 0 Å². The van der Waals surface area contributed by atoms with E-state index >= 15 is 0 Å². The Kier molecular flexibility index (Phi) is 4.12. The topological polar surface area (TPSA) is 38.8 Å². The second-order valence-corrected chi connectivity index (χ2v) is 6.25. The van der Waals surface area contributed by atoms with Crippen molar-refractivity contribution in [3.05, 3.63) is 29.1 Å². The van der Waals surface area contributed by atoms with Crippen molar-refractivity contribution in [2.45, 2.75) is 45.8 Å². The van der Waals surface area contributed by atoms with Gasteiger partial charge < -0.3 is 14.4 Å². The molecule has 4 nitrogen and oxygen atoms in total. The van der Waals surface area contributed by atoms with Gasteiger partial charge in [0.25, 0.3) is 0 Å². The third kappa shape index (κ3) is 3.12. The van der Waals surface area contributed by atoms with Crippen LogP contribution in [-0.2, 0) is 11.2 Å². The van der Waals surface area contributed by atoms with Gasteiger partial charge in [-0.15, -0.1) is 0 Å². The summed E-state index contributed by atoms with van der Waals surface area (Å²) in [6.45, 7) is 7.81. The highest BCUT2D eigenvalue weighted by atomic mass is 19.1. The van der Waals surface area contributed by atoms with Gasteiger partial charge in [0.05, 0.1) is 13.2 Å². The monoisotopic (exact) mass is 295 g/mol. The highest BCUT2D eigenvalue weighted by Crippen LogP contribution is 2.35. The zero-order valence-electron chi connectivity index (χ0n) is 13.2. The van der Waals surface area contributed by atoms with Gasteiger partial charge in [-0.1, -0.05) is 6.07 Å². The van der Waals surface area contributed by atoms with Crippen molar-refractivity contribution in [3.8, 4) is 5.75 Å². The van der Waals surface area contributed by atoms with Gasteiger partial charge in [0.15, 0.2) is 11.6 Å². The summed E-state index contributed by atoms with van der Waals surface area (Å²) in [6, 6.07) is 3.20. The van der Waals surface area contributed by atoms with E-state index in [1.165, 1.54) is 7.11 Å². The summed E-state index contributed by atoms with van der Waals surface area (Å²) in [5.74, 6) is -0.0858. The number of nitrogens with zero attached hydrogens (tertiary/aromatic N) is 1. The summed E-state index contributed by atoms with van der Waals surface area (Å²) in [5, 5.41) is 0. The van der Waals surface area contributed by atoms with Crippen LogP contribution in [0.5, 0.6) is 5.75 Å². The average Bonchev–Trinajstić information content (AvgIpc) is 2.38. The van der Waals surface area contributed by atoms with Crippen LogP contribution in [0.4, 0.5) is 9.18 Å². The number of amides is 1. The van der Waals surface area contributed by atoms with Gasteiger partial charge >= 0.3 is 6.09 Å². The van der Waals surface area contributed by atoms with Crippen molar-refractivity contribution in [2.75, 3.05) is 13.7 Å². The summed E-state index contributed by atoms with van der Waals surface area (Å²) in [7, 11) is 1.45. The number of ether oxygens (including phenoxy) is 2. The number of carbonyl (C=O) groups excluding carboxylic acids is 1. The fourth-order valence-corrected chi connectivity index (χ4v) is 2.58. The lowest BCUT2D eigenvalue weighted by molar-refractivity contribution is 0.0158. The SMILES string of the molecule is COc1ccc2c(c1F)CCN(C(=O)OC(C)(C)C)[C@H]2C. The Balaban J connectivity index is 2.27. The number of methoxy groups -OCH3 is 1. The molecule has 1 amide bonds. The molecule has 1 aromatic carbocycles. The number of carbonyl (C=O) groups is 1. The number of hydrogen-bond donors (Lipinski definition) is 0. The minimum atomic E-state index is -0.539. The van der Waals surface area contributed by atoms with E-state index in [1.807, 2.05) is 33.8 Å². The zero-order chi connectivity index (χ0) is 15.8. The van der Waals surface area contributed by atoms with Crippen molar-refractivity contribution in [2.24, 2.45) is 0 Å². The molecular formula is C16H22FNO3. The molecule has 0 spiro atoms. The van der Waals surface area contributed by atoms with Gasteiger partial charge in [-0.3, -0.25) is 0 Å². The van der Waals surface area contributed by atoms with Crippen LogP contribution >= 0.6 is 0 Å². The summed E-state index contributed by atoms with van der Waals surface area (Å²) >= 11 is 0. The zero-order valence-corrected chi connectivity index (χ0v) is 13.2. The van der Waals surface area contributed by atoms with E-state index in [4.69, 9.17) is 9.47 Å². The average molecular weight is 295 g/mol. The van der Waals surface area contributed by atoms with Gasteiger partial charge in [0, 0.05) is 6.54 Å². The summed E-state index contributed by atoms with van der Waals surface area (Å²) < 4.78 is 24.7. The molecular weight excluding hydrogens is 273 g/mol. The van der Waals surface area contributed by atoms with Gasteiger partial charge in [0.2, 0.25) is 0 Å². The number of hydrogen-bond acceptors (Lipinski definition) is 3. The van der Waals surface area contributed by atoms with E-state index in [9.17, 15) is 9.18 Å². The molecule has 0 bridgehead atoms. The predicted molar refractivity (Wildman–Crippen MR) is 78.0 cm³/mol. The Bertz CT molecular complexity index is 551. The summed E-state index contributed by atoms with van der Waals surface area (Å²) in [6.07, 6.45) is 0.0963. The highest BCUT2D eigenvalue weighted by Gasteiger charge is 2.32. The quantitative estimate of drug-likeness (QED) is 0.793. The lowest BCUT2D eigenvalue weighted by Crippen LogP contribution is -2.42. The molecule has 1 aromatic rings. The number of halogens is 1. The van der Waals surface area contributed by atoms with E-state index in [-0.39, 0.29) is 23.7 Å². The largest absolute Gasteiger partial charge is 0.494 e. The first-order valence-corrected chi connectivity index (χ1v) is 7.09. The van der Waals surface area contributed by atoms with E-state index in [0.717, 1.165) is 5.56 Å². The van der Waals surface area contributed by atoms with Crippen LogP contribution in [0.3, 0.4) is 0 Å². The number of benzene rings is 1. The Hall–Kier alpha value is -1.78. The van der Waals surface area contributed by atoms with Crippen molar-refractivity contribution in [1.82, 2.24) is 4.90 Å². The van der Waals surface area contributed by atoms with Crippen LogP contribution in [0.25, 0.3) is 0 Å². The molecule has 116 valence electrons. The van der Waals surface area contributed by atoms with Gasteiger partial charge in [-0.25, -0.2) is 9.18 Å². The van der Waals surface area contributed by atoms with E-state index in [2.05, 4.69) is 0 Å². The highest BCUT2D eigenvalue weighted by molar-refractivity contribution is 5.69. The van der Waals surface area contributed by atoms with Crippen LogP contribution in [0.15, 0.2) is 12.1 Å². The smallest absolute Gasteiger partial charge is 0.410 e. The molecule has 0 N–H and O–H groups in total. The molecule has 0 aliphatic carbocycles. The fraction of sp³-hybridized carbons (Fsp3) is 0.562. The minimum Gasteiger partial charge on any atom is -0.494 e. The molecule has 0 radical (unpaired) electrons. The summed E-state index contributed by atoms with van der Waals surface area (Å²) in [5.41, 5.74) is 0.898. The van der Waals surface area contributed by atoms with Gasteiger partial charge in [-0.05, 0) is 51.3 Å². The summed E-state index contributed by atoms with van der Waals surface area (Å²) in [4.78, 5) is 13.9. The molecule has 0 saturated heterocycles. The van der Waals surface area contributed by atoms with Crippen LogP contribution in [-0.4, -0.2) is 30.2 Å². The maximum absolute atomic E-state index is 14.3. The number of fused-ring (bicyclic) bond motifs is 1. The third-order valence-corrected chi connectivity index (χ3v) is 3.61. The predicted octanol–water partition coefficient (Wildman–Crippen LogP) is 3.69. The van der Waals surface area contributed by atoms with Crippen LogP contribution in [0, 0.1) is 5.82 Å². The van der Waals surface area contributed by atoms with Crippen molar-refractivity contribution in [3.63, 3.8) is 0 Å². The van der Waals surface area contributed by atoms with E-state index in [0.29, 0.717) is 18.5 Å². The molecule has 2 rings (SSSR count). The number of rotatable bonds is 1. The Labute approximate surface area is 124 Å². The van der Waals surface area contributed by atoms with Crippen LogP contribution in [0.1, 0.15) is 44.9 Å². The van der Waals surface area contributed by atoms with Crippen LogP contribution in [0.2, 0.25) is 0 Å². The lowest BCUT2D eigenvalue weighted by Gasteiger charge is -2.36. The lowest BCUT2D eigenvalue weighted by atomic mass is 9.93. The normalized spacial score (nSPS) is 18.2. The molecule has 1 atom stereocenters. The Morgan fingerprint density at radius 3 is 2.62 bits per heavy atom. The molecule has 1 heterocycles. The molecule has 0 aromatic heterocycles. The molecule has 0 unspecified atom stereocenters. The van der Waals surface area contributed by atoms with E-state index in [1.54, 1.807) is 11.0 Å². The maximum Gasteiger partial charge on any atom is 0.410 e. The maximum atomic E-state index is 14.3. The molecule has 21 heavy (non-hydrogen) atoms. The van der Waals surface area contributed by atoms with Crippen LogP contribution < -0.4 is 4.74 Å². The standard InChI is InChI=1S/C16H22FNO3/c1-10-11-6-7-13(20-5)14(17)12(11)8-9-18(10)15(19)21-16(2,3)4/h6-7,10H,8-9H2,1-5H3/t10-/m0/s1. The molecule has 1 aliphatic rings. The Morgan fingerprint density at radius 1 is 1.38 bits per heavy atom. The molecule has 1 aliphatic heterocycles. The second-order valence-electron chi connectivity index (χ2n) is 6.25.